The van der Waals surface area contributed by atoms with E-state index in [1.807, 2.05) is 19.1 Å². The Labute approximate surface area is 183 Å². The van der Waals surface area contributed by atoms with Crippen molar-refractivity contribution in [1.29, 1.82) is 0 Å². The fourth-order valence-corrected chi connectivity index (χ4v) is 3.77. The highest BCUT2D eigenvalue weighted by atomic mass is 19.4. The first-order valence-electron chi connectivity index (χ1n) is 10.2. The molecule has 6 nitrogen and oxygen atoms in total. The van der Waals surface area contributed by atoms with Gasteiger partial charge in [0.05, 0.1) is 12.1 Å². The van der Waals surface area contributed by atoms with Crippen LogP contribution >= 0.6 is 0 Å². The average molecular weight is 444 g/mol. The minimum absolute atomic E-state index is 0.131. The molecule has 1 aliphatic rings. The van der Waals surface area contributed by atoms with E-state index in [1.54, 1.807) is 43.3 Å². The van der Waals surface area contributed by atoms with Crippen molar-refractivity contribution in [2.75, 3.05) is 10.6 Å². The van der Waals surface area contributed by atoms with E-state index in [-0.39, 0.29) is 17.9 Å². The molecule has 0 fully saturated rings. The monoisotopic (exact) mass is 444 g/mol. The molecule has 0 spiro atoms. The third-order valence-electron chi connectivity index (χ3n) is 5.53. The average Bonchev–Trinajstić information content (AvgIpc) is 3.17. The minimum Gasteiger partial charge on any atom is -0.389 e. The number of nitrogens with one attached hydrogen (secondary N) is 2. The quantitative estimate of drug-likeness (QED) is 0.520. The summed E-state index contributed by atoms with van der Waals surface area (Å²) < 4.78 is 42.4. The molecule has 0 radical (unpaired) electrons. The molecule has 9 heteroatoms. The summed E-state index contributed by atoms with van der Waals surface area (Å²) in [6.45, 7) is 3.51. The first kappa shape index (κ1) is 21.9. The van der Waals surface area contributed by atoms with Gasteiger partial charge in [0.15, 0.2) is 11.7 Å². The Bertz CT molecular complexity index is 1120. The van der Waals surface area contributed by atoms with Gasteiger partial charge < -0.3 is 15.7 Å². The fourth-order valence-electron chi connectivity index (χ4n) is 3.77. The topological polar surface area (TPSA) is 79.2 Å². The number of hydrogen-bond acceptors (Lipinski definition) is 4. The van der Waals surface area contributed by atoms with Gasteiger partial charge in [-0.2, -0.15) is 18.3 Å². The lowest BCUT2D eigenvalue weighted by molar-refractivity contribution is -0.173. The van der Waals surface area contributed by atoms with Crippen LogP contribution in [0.25, 0.3) is 0 Å². The van der Waals surface area contributed by atoms with E-state index in [0.717, 1.165) is 15.8 Å². The van der Waals surface area contributed by atoms with Gasteiger partial charge in [-0.1, -0.05) is 42.0 Å². The van der Waals surface area contributed by atoms with E-state index in [4.69, 9.17) is 0 Å². The van der Waals surface area contributed by atoms with Crippen LogP contribution in [0, 0.1) is 6.92 Å². The minimum atomic E-state index is -4.52. The molecule has 4 rings (SSSR count). The van der Waals surface area contributed by atoms with E-state index >= 15 is 0 Å². The zero-order chi connectivity index (χ0) is 23.0. The van der Waals surface area contributed by atoms with Crippen LogP contribution in [0.15, 0.2) is 54.6 Å². The van der Waals surface area contributed by atoms with Crippen molar-refractivity contribution in [3.8, 4) is 0 Å². The van der Waals surface area contributed by atoms with Crippen molar-refractivity contribution in [1.82, 2.24) is 9.78 Å². The lowest BCUT2D eigenvalue weighted by atomic mass is 9.96. The number of carbonyl (C=O) groups excluding carboxylic acids is 1. The Morgan fingerprint density at radius 3 is 2.59 bits per heavy atom. The lowest BCUT2D eigenvalue weighted by Gasteiger charge is -2.33. The second-order valence-corrected chi connectivity index (χ2v) is 8.02. The van der Waals surface area contributed by atoms with Crippen molar-refractivity contribution < 1.29 is 23.1 Å². The Morgan fingerprint density at radius 1 is 1.22 bits per heavy atom. The van der Waals surface area contributed by atoms with Crippen LogP contribution in [0.3, 0.4) is 0 Å². The molecular weight excluding hydrogens is 421 g/mol. The zero-order valence-electron chi connectivity index (χ0n) is 17.5. The lowest BCUT2D eigenvalue weighted by Crippen LogP contribution is -2.35. The molecule has 168 valence electrons. The maximum absolute atomic E-state index is 13.8. The van der Waals surface area contributed by atoms with E-state index in [2.05, 4.69) is 15.7 Å². The van der Waals surface area contributed by atoms with Gasteiger partial charge in [-0.15, -0.1) is 0 Å². The normalized spacial score (nSPS) is 19.1. The summed E-state index contributed by atoms with van der Waals surface area (Å²) in [7, 11) is 0. The predicted molar refractivity (Wildman–Crippen MR) is 115 cm³/mol. The summed E-state index contributed by atoms with van der Waals surface area (Å²) >= 11 is 0. The van der Waals surface area contributed by atoms with Gasteiger partial charge in [-0.3, -0.25) is 4.79 Å². The summed E-state index contributed by atoms with van der Waals surface area (Å²) in [6.07, 6.45) is -5.48. The molecule has 3 atom stereocenters. The number of aromatic nitrogens is 2. The molecule has 1 aliphatic heterocycles. The molecule has 0 aliphatic carbocycles. The van der Waals surface area contributed by atoms with Crippen molar-refractivity contribution >= 4 is 17.4 Å². The predicted octanol–water partition coefficient (Wildman–Crippen LogP) is 5.16. The number of anilines is 2. The van der Waals surface area contributed by atoms with Crippen LogP contribution in [0.4, 0.5) is 24.7 Å². The molecule has 1 amide bonds. The zero-order valence-corrected chi connectivity index (χ0v) is 17.5. The highest BCUT2D eigenvalue weighted by Crippen LogP contribution is 2.43. The van der Waals surface area contributed by atoms with Crippen LogP contribution in [-0.4, -0.2) is 27.0 Å². The van der Waals surface area contributed by atoms with Gasteiger partial charge in [0.25, 0.3) is 5.91 Å². The van der Waals surface area contributed by atoms with E-state index < -0.39 is 30.3 Å². The van der Waals surface area contributed by atoms with Crippen molar-refractivity contribution in [3.05, 3.63) is 77.0 Å². The number of alkyl halides is 3. The van der Waals surface area contributed by atoms with Crippen molar-refractivity contribution in [2.24, 2.45) is 0 Å². The Morgan fingerprint density at radius 2 is 1.94 bits per heavy atom. The van der Waals surface area contributed by atoms with E-state index in [9.17, 15) is 23.1 Å². The van der Waals surface area contributed by atoms with E-state index in [0.29, 0.717) is 11.3 Å². The largest absolute Gasteiger partial charge is 0.410 e. The summed E-state index contributed by atoms with van der Waals surface area (Å²) in [5, 5.41) is 19.4. The smallest absolute Gasteiger partial charge is 0.389 e. The molecule has 0 saturated heterocycles. The number of nitrogens with zero attached hydrogens (tertiary/aromatic N) is 2. The molecule has 2 heterocycles. The number of rotatable bonds is 4. The summed E-state index contributed by atoms with van der Waals surface area (Å²) in [4.78, 5) is 12.7. The number of carbonyl (C=O) groups is 1. The maximum Gasteiger partial charge on any atom is 0.410 e. The highest BCUT2D eigenvalue weighted by Gasteiger charge is 2.46. The van der Waals surface area contributed by atoms with Crippen LogP contribution in [-0.2, 0) is 0 Å². The number of halogens is 3. The first-order chi connectivity index (χ1) is 15.1. The molecule has 0 saturated carbocycles. The van der Waals surface area contributed by atoms with Crippen LogP contribution in [0.1, 0.15) is 58.7 Å². The molecular formula is C23H23F3N4O2. The van der Waals surface area contributed by atoms with Gasteiger partial charge in [-0.25, -0.2) is 4.68 Å². The Balaban J connectivity index is 1.62. The summed E-state index contributed by atoms with van der Waals surface area (Å²) in [5.41, 5.74) is 2.64. The third kappa shape index (κ3) is 4.47. The molecule has 1 aromatic heterocycles. The second kappa shape index (κ2) is 8.31. The fraction of sp³-hybridized carbons (Fsp3) is 0.304. The highest BCUT2D eigenvalue weighted by molar-refractivity contribution is 6.03. The SMILES string of the molecule is Cc1ccc([C@H]2C[C@H](C(F)(F)F)n3nc(C(=O)Nc4cccc([C@@H](C)O)c4)cc3N2)cc1. The van der Waals surface area contributed by atoms with Gasteiger partial charge >= 0.3 is 6.18 Å². The second-order valence-electron chi connectivity index (χ2n) is 8.02. The van der Waals surface area contributed by atoms with Crippen LogP contribution in [0.2, 0.25) is 0 Å². The number of aryl methyl sites for hydroxylation is 1. The first-order valence-corrected chi connectivity index (χ1v) is 10.2. The van der Waals surface area contributed by atoms with Crippen LogP contribution in [0.5, 0.6) is 0 Å². The molecule has 0 bridgehead atoms. The van der Waals surface area contributed by atoms with Gasteiger partial charge in [0, 0.05) is 18.2 Å². The van der Waals surface area contributed by atoms with Gasteiger partial charge in [-0.05, 0) is 37.1 Å². The van der Waals surface area contributed by atoms with E-state index in [1.165, 1.54) is 6.07 Å². The number of amides is 1. The number of benzene rings is 2. The number of fused-ring (bicyclic) bond motifs is 1. The molecule has 0 unspecified atom stereocenters. The number of aliphatic hydroxyl groups excluding tert-OH is 1. The van der Waals surface area contributed by atoms with Crippen LogP contribution < -0.4 is 10.6 Å². The maximum atomic E-state index is 13.8. The Hall–Kier alpha value is -3.33. The number of hydrogen-bond donors (Lipinski definition) is 3. The summed E-state index contributed by atoms with van der Waals surface area (Å²) in [6, 6.07) is 12.8. The van der Waals surface area contributed by atoms with Crippen molar-refractivity contribution in [3.63, 3.8) is 0 Å². The standard InChI is InChI=1S/C23H23F3N4O2/c1-13-6-8-15(9-7-13)18-11-20(23(24,25)26)30-21(28-18)12-19(29-30)22(32)27-17-5-3-4-16(10-17)14(2)31/h3-10,12,14,18,20,28,31H,11H2,1-2H3,(H,27,32)/t14-,18-,20-/m1/s1. The molecule has 32 heavy (non-hydrogen) atoms. The van der Waals surface area contributed by atoms with Crippen molar-refractivity contribution in [2.45, 2.75) is 44.6 Å². The van der Waals surface area contributed by atoms with Gasteiger partial charge in [0.1, 0.15) is 5.82 Å². The number of aliphatic hydroxyl groups is 1. The molecule has 2 aromatic carbocycles. The summed E-state index contributed by atoms with van der Waals surface area (Å²) in [5.74, 6) is -0.503. The molecule has 3 N–H and O–H groups in total. The Kier molecular flexibility index (Phi) is 5.68. The third-order valence-corrected chi connectivity index (χ3v) is 5.53. The van der Waals surface area contributed by atoms with Gasteiger partial charge in [0.2, 0.25) is 0 Å². The molecule has 3 aromatic rings.